The van der Waals surface area contributed by atoms with Crippen LogP contribution >= 0.6 is 11.3 Å². The standard InChI is InChI=1S/C23H23N5OS/c1-16-8-9-20(28-24-10-11-25-28)18(13-16)23(29)27-12-4-5-17(15-27)14-22-26-19-6-2-3-7-21(19)30-22/h2-3,6-11,13,17H,4-5,12,14-15H2,1H3/t17-/m0/s1. The third-order valence-corrected chi connectivity index (χ3v) is 6.68. The highest BCUT2D eigenvalue weighted by Gasteiger charge is 2.27. The van der Waals surface area contributed by atoms with Crippen molar-refractivity contribution in [2.75, 3.05) is 13.1 Å². The number of hydrogen-bond acceptors (Lipinski definition) is 5. The van der Waals surface area contributed by atoms with Crippen molar-refractivity contribution in [3.8, 4) is 5.69 Å². The number of rotatable bonds is 4. The lowest BCUT2D eigenvalue weighted by atomic mass is 9.94. The second kappa shape index (κ2) is 7.99. The van der Waals surface area contributed by atoms with E-state index in [9.17, 15) is 4.79 Å². The van der Waals surface area contributed by atoms with E-state index in [1.165, 1.54) is 9.50 Å². The lowest BCUT2D eigenvalue weighted by Gasteiger charge is -2.33. The average Bonchev–Trinajstić information content (AvgIpc) is 3.43. The van der Waals surface area contributed by atoms with Crippen LogP contribution in [0.15, 0.2) is 54.9 Å². The SMILES string of the molecule is Cc1ccc(-n2nccn2)c(C(=O)N2CCC[C@@H](Cc3nc4ccccc4s3)C2)c1. The minimum atomic E-state index is 0.0556. The number of aromatic nitrogens is 4. The van der Waals surface area contributed by atoms with Gasteiger partial charge in [0, 0.05) is 19.5 Å². The summed E-state index contributed by atoms with van der Waals surface area (Å²) in [5, 5.41) is 9.61. The molecule has 1 aliphatic rings. The molecule has 0 bridgehead atoms. The predicted molar refractivity (Wildman–Crippen MR) is 118 cm³/mol. The molecule has 0 N–H and O–H groups in total. The second-order valence-corrected chi connectivity index (χ2v) is 8.99. The Bertz CT molecular complexity index is 1150. The first-order valence-electron chi connectivity index (χ1n) is 10.3. The Morgan fingerprint density at radius 2 is 2.00 bits per heavy atom. The van der Waals surface area contributed by atoms with Gasteiger partial charge in [-0.25, -0.2) is 4.98 Å². The average molecular weight is 418 g/mol. The Labute approximate surface area is 179 Å². The minimum Gasteiger partial charge on any atom is -0.338 e. The van der Waals surface area contributed by atoms with Crippen LogP contribution in [0.2, 0.25) is 0 Å². The summed E-state index contributed by atoms with van der Waals surface area (Å²) in [6.07, 6.45) is 6.32. The van der Waals surface area contributed by atoms with Gasteiger partial charge >= 0.3 is 0 Å². The van der Waals surface area contributed by atoms with Crippen LogP contribution in [-0.2, 0) is 6.42 Å². The van der Waals surface area contributed by atoms with E-state index >= 15 is 0 Å². The van der Waals surface area contributed by atoms with Gasteiger partial charge in [0.05, 0.1) is 38.9 Å². The van der Waals surface area contributed by atoms with Crippen LogP contribution in [-0.4, -0.2) is 43.9 Å². The largest absolute Gasteiger partial charge is 0.338 e. The normalized spacial score (nSPS) is 16.8. The van der Waals surface area contributed by atoms with E-state index in [1.54, 1.807) is 23.7 Å². The Morgan fingerprint density at radius 3 is 2.83 bits per heavy atom. The third-order valence-electron chi connectivity index (χ3n) is 5.62. The molecule has 0 spiro atoms. The number of thiazole rings is 1. The molecule has 0 unspecified atom stereocenters. The Morgan fingerprint density at radius 1 is 1.17 bits per heavy atom. The summed E-state index contributed by atoms with van der Waals surface area (Å²) in [6, 6.07) is 14.1. The molecule has 1 atom stereocenters. The lowest BCUT2D eigenvalue weighted by Crippen LogP contribution is -2.41. The monoisotopic (exact) mass is 417 g/mol. The van der Waals surface area contributed by atoms with Gasteiger partial charge in [0.15, 0.2) is 0 Å². The highest BCUT2D eigenvalue weighted by molar-refractivity contribution is 7.18. The minimum absolute atomic E-state index is 0.0556. The maximum Gasteiger partial charge on any atom is 0.256 e. The maximum atomic E-state index is 13.5. The fraction of sp³-hybridized carbons (Fsp3) is 0.304. The van der Waals surface area contributed by atoms with Crippen LogP contribution in [0.4, 0.5) is 0 Å². The number of likely N-dealkylation sites (tertiary alicyclic amines) is 1. The fourth-order valence-electron chi connectivity index (χ4n) is 4.18. The molecule has 1 aliphatic heterocycles. The van der Waals surface area contributed by atoms with Gasteiger partial charge in [-0.15, -0.1) is 11.3 Å². The van der Waals surface area contributed by atoms with Crippen LogP contribution in [0.25, 0.3) is 15.9 Å². The van der Waals surface area contributed by atoms with Crippen LogP contribution in [0.5, 0.6) is 0 Å². The molecule has 5 rings (SSSR count). The molecule has 0 radical (unpaired) electrons. The molecule has 0 aliphatic carbocycles. The fourth-order valence-corrected chi connectivity index (χ4v) is 5.26. The first kappa shape index (κ1) is 18.9. The van der Waals surface area contributed by atoms with Gasteiger partial charge in [-0.3, -0.25) is 4.79 Å². The molecule has 1 amide bonds. The summed E-state index contributed by atoms with van der Waals surface area (Å²) in [7, 11) is 0. The number of carbonyl (C=O) groups excluding carboxylic acids is 1. The van der Waals surface area contributed by atoms with Gasteiger partial charge in [0.1, 0.15) is 0 Å². The van der Waals surface area contributed by atoms with E-state index in [1.807, 2.05) is 36.1 Å². The molecule has 4 aromatic rings. The van der Waals surface area contributed by atoms with Crippen LogP contribution in [0, 0.1) is 12.8 Å². The number of amides is 1. The second-order valence-electron chi connectivity index (χ2n) is 7.88. The summed E-state index contributed by atoms with van der Waals surface area (Å²) in [6.45, 7) is 3.55. The highest BCUT2D eigenvalue weighted by atomic mass is 32.1. The third kappa shape index (κ3) is 3.73. The van der Waals surface area contributed by atoms with Crippen molar-refractivity contribution in [1.29, 1.82) is 0 Å². The number of nitrogens with zero attached hydrogens (tertiary/aromatic N) is 5. The van der Waals surface area contributed by atoms with E-state index < -0.39 is 0 Å². The molecule has 6 nitrogen and oxygen atoms in total. The van der Waals surface area contributed by atoms with Gasteiger partial charge in [0.2, 0.25) is 0 Å². The van der Waals surface area contributed by atoms with Gasteiger partial charge in [0.25, 0.3) is 5.91 Å². The van der Waals surface area contributed by atoms with E-state index in [0.717, 1.165) is 54.1 Å². The number of hydrogen-bond donors (Lipinski definition) is 0. The zero-order valence-electron chi connectivity index (χ0n) is 16.9. The molecular formula is C23H23N5OS. The van der Waals surface area contributed by atoms with Crippen molar-refractivity contribution in [2.45, 2.75) is 26.2 Å². The Hall–Kier alpha value is -3.06. The van der Waals surface area contributed by atoms with E-state index in [2.05, 4.69) is 28.4 Å². The van der Waals surface area contributed by atoms with E-state index in [-0.39, 0.29) is 5.91 Å². The molecule has 7 heteroatoms. The molecular weight excluding hydrogens is 394 g/mol. The van der Waals surface area contributed by atoms with Crippen molar-refractivity contribution < 1.29 is 4.79 Å². The molecule has 2 aromatic heterocycles. The topological polar surface area (TPSA) is 63.9 Å². The molecule has 3 heterocycles. The molecule has 152 valence electrons. The number of aryl methyl sites for hydroxylation is 1. The molecule has 2 aromatic carbocycles. The molecule has 0 saturated carbocycles. The zero-order valence-corrected chi connectivity index (χ0v) is 17.7. The predicted octanol–water partition coefficient (Wildman–Crippen LogP) is 4.28. The first-order valence-corrected chi connectivity index (χ1v) is 11.1. The summed E-state index contributed by atoms with van der Waals surface area (Å²) >= 11 is 1.77. The number of para-hydroxylation sites is 1. The van der Waals surface area contributed by atoms with Crippen LogP contribution in [0.3, 0.4) is 0 Å². The van der Waals surface area contributed by atoms with Gasteiger partial charge in [-0.05, 0) is 49.9 Å². The van der Waals surface area contributed by atoms with Gasteiger partial charge in [-0.1, -0.05) is 23.8 Å². The van der Waals surface area contributed by atoms with Crippen molar-refractivity contribution in [2.24, 2.45) is 5.92 Å². The number of piperidine rings is 1. The lowest BCUT2D eigenvalue weighted by molar-refractivity contribution is 0.0673. The van der Waals surface area contributed by atoms with Crippen molar-refractivity contribution in [3.05, 3.63) is 71.0 Å². The molecule has 1 saturated heterocycles. The summed E-state index contributed by atoms with van der Waals surface area (Å²) in [5.74, 6) is 0.486. The summed E-state index contributed by atoms with van der Waals surface area (Å²) < 4.78 is 1.23. The first-order chi connectivity index (χ1) is 14.7. The Balaban J connectivity index is 1.36. The number of fused-ring (bicyclic) bond motifs is 1. The number of benzene rings is 2. The van der Waals surface area contributed by atoms with Gasteiger partial charge in [-0.2, -0.15) is 15.0 Å². The maximum absolute atomic E-state index is 13.5. The van der Waals surface area contributed by atoms with Crippen LogP contribution < -0.4 is 0 Å². The zero-order chi connectivity index (χ0) is 20.5. The molecule has 1 fully saturated rings. The quantitative estimate of drug-likeness (QED) is 0.497. The van der Waals surface area contributed by atoms with Gasteiger partial charge < -0.3 is 4.90 Å². The van der Waals surface area contributed by atoms with Crippen molar-refractivity contribution in [1.82, 2.24) is 24.9 Å². The van der Waals surface area contributed by atoms with Crippen molar-refractivity contribution in [3.63, 3.8) is 0 Å². The Kier molecular flexibility index (Phi) is 5.04. The van der Waals surface area contributed by atoms with E-state index in [0.29, 0.717) is 11.5 Å². The smallest absolute Gasteiger partial charge is 0.256 e. The van der Waals surface area contributed by atoms with Crippen LogP contribution in [0.1, 0.15) is 33.8 Å². The summed E-state index contributed by atoms with van der Waals surface area (Å²) in [4.78, 5) is 21.8. The summed E-state index contributed by atoms with van der Waals surface area (Å²) in [5.41, 5.74) is 3.50. The van der Waals surface area contributed by atoms with Crippen molar-refractivity contribution >= 4 is 27.5 Å². The number of carbonyl (C=O) groups is 1. The van der Waals surface area contributed by atoms with E-state index in [4.69, 9.17) is 4.98 Å². The molecule has 30 heavy (non-hydrogen) atoms. The highest BCUT2D eigenvalue weighted by Crippen LogP contribution is 2.28.